The molecule has 1 saturated heterocycles. The lowest BCUT2D eigenvalue weighted by atomic mass is 10.2. The van der Waals surface area contributed by atoms with Gasteiger partial charge >= 0.3 is 14.4 Å². The van der Waals surface area contributed by atoms with Gasteiger partial charge in [0.2, 0.25) is 0 Å². The summed E-state index contributed by atoms with van der Waals surface area (Å²) < 4.78 is 2.94. The first-order chi connectivity index (χ1) is 7.41. The SMILES string of the molecule is CC(C)[CH2][Al]([CH2]C(C)C)[N]1C(C)CCC1C. The van der Waals surface area contributed by atoms with Crippen molar-refractivity contribution in [2.45, 2.75) is 77.0 Å². The summed E-state index contributed by atoms with van der Waals surface area (Å²) in [5, 5.41) is 3.01. The summed E-state index contributed by atoms with van der Waals surface area (Å²) in [5.74, 6) is 1.77. The Balaban J connectivity index is 2.66. The van der Waals surface area contributed by atoms with E-state index in [1.807, 2.05) is 0 Å². The van der Waals surface area contributed by atoms with E-state index < -0.39 is 14.4 Å². The molecule has 1 nitrogen and oxygen atoms in total. The Hall–Kier alpha value is 0.492. The van der Waals surface area contributed by atoms with Crippen LogP contribution < -0.4 is 0 Å². The minimum absolute atomic E-state index is 0.684. The first-order valence-electron chi connectivity index (χ1n) is 7.19. The van der Waals surface area contributed by atoms with Gasteiger partial charge in [-0.1, -0.05) is 63.9 Å². The molecule has 1 rings (SSSR count). The van der Waals surface area contributed by atoms with Gasteiger partial charge in [-0.15, -0.1) is 0 Å². The van der Waals surface area contributed by atoms with Crippen molar-refractivity contribution in [3.63, 3.8) is 0 Å². The number of hydrogen-bond donors (Lipinski definition) is 0. The van der Waals surface area contributed by atoms with Crippen molar-refractivity contribution in [1.82, 2.24) is 3.88 Å². The second-order valence-electron chi connectivity index (χ2n) is 6.64. The maximum Gasteiger partial charge on any atom is 0.373 e. The molecule has 16 heavy (non-hydrogen) atoms. The van der Waals surface area contributed by atoms with Gasteiger partial charge in [-0.3, -0.25) is 0 Å². The van der Waals surface area contributed by atoms with Crippen molar-refractivity contribution in [3.8, 4) is 0 Å². The van der Waals surface area contributed by atoms with E-state index in [1.165, 1.54) is 23.4 Å². The van der Waals surface area contributed by atoms with Crippen molar-refractivity contribution in [3.05, 3.63) is 0 Å². The van der Waals surface area contributed by atoms with Crippen LogP contribution in [0.1, 0.15) is 54.4 Å². The molecule has 1 aliphatic heterocycles. The zero-order valence-corrected chi connectivity index (χ0v) is 13.3. The van der Waals surface area contributed by atoms with Crippen molar-refractivity contribution in [1.29, 1.82) is 0 Å². The molecule has 0 aliphatic carbocycles. The molecule has 0 spiro atoms. The number of nitrogens with zero attached hydrogens (tertiary/aromatic N) is 1. The maximum absolute atomic E-state index is 2.94. The fourth-order valence-corrected chi connectivity index (χ4v) is 7.96. The first-order valence-corrected chi connectivity index (χ1v) is 9.34. The highest BCUT2D eigenvalue weighted by molar-refractivity contribution is 6.56. The van der Waals surface area contributed by atoms with E-state index in [4.69, 9.17) is 0 Å². The van der Waals surface area contributed by atoms with Gasteiger partial charge in [0.05, 0.1) is 0 Å². The minimum Gasteiger partial charge on any atom is -0.380 e. The first kappa shape index (κ1) is 14.6. The molecule has 1 heterocycles. The highest BCUT2D eigenvalue weighted by Gasteiger charge is 2.37. The van der Waals surface area contributed by atoms with Gasteiger partial charge in [0.1, 0.15) is 0 Å². The Morgan fingerprint density at radius 1 is 0.938 bits per heavy atom. The third-order valence-electron chi connectivity index (χ3n) is 3.93. The second-order valence-corrected chi connectivity index (χ2v) is 9.48. The van der Waals surface area contributed by atoms with Gasteiger partial charge in [-0.2, -0.15) is 0 Å². The summed E-state index contributed by atoms with van der Waals surface area (Å²) in [6, 6.07) is 1.73. The van der Waals surface area contributed by atoms with Crippen LogP contribution in [0.3, 0.4) is 0 Å². The third kappa shape index (κ3) is 4.06. The molecule has 2 unspecified atom stereocenters. The van der Waals surface area contributed by atoms with Crippen LogP contribution in [0.2, 0.25) is 10.6 Å². The van der Waals surface area contributed by atoms with Crippen LogP contribution in [0, 0.1) is 11.8 Å². The zero-order valence-electron chi connectivity index (χ0n) is 12.2. The number of rotatable bonds is 5. The predicted molar refractivity (Wildman–Crippen MR) is 75.0 cm³/mol. The van der Waals surface area contributed by atoms with Gasteiger partial charge in [-0.05, 0) is 24.9 Å². The van der Waals surface area contributed by atoms with Crippen LogP contribution in [0.4, 0.5) is 0 Å². The molecule has 1 aliphatic rings. The molecule has 0 bridgehead atoms. The van der Waals surface area contributed by atoms with E-state index in [0.29, 0.717) is 0 Å². The van der Waals surface area contributed by atoms with E-state index >= 15 is 0 Å². The van der Waals surface area contributed by atoms with E-state index in [-0.39, 0.29) is 0 Å². The minimum atomic E-state index is -0.684. The van der Waals surface area contributed by atoms with E-state index in [0.717, 1.165) is 23.9 Å². The highest BCUT2D eigenvalue weighted by Crippen LogP contribution is 2.30. The monoisotopic (exact) mass is 239 g/mol. The van der Waals surface area contributed by atoms with Crippen molar-refractivity contribution < 1.29 is 0 Å². The molecule has 0 aromatic carbocycles. The van der Waals surface area contributed by atoms with E-state index in [2.05, 4.69) is 45.4 Å². The summed E-state index contributed by atoms with van der Waals surface area (Å²) in [4.78, 5) is 0. The molecule has 1 fully saturated rings. The van der Waals surface area contributed by atoms with Crippen LogP contribution in [0.25, 0.3) is 0 Å². The van der Waals surface area contributed by atoms with E-state index in [1.54, 1.807) is 0 Å². The van der Waals surface area contributed by atoms with Crippen molar-refractivity contribution in [2.24, 2.45) is 11.8 Å². The van der Waals surface area contributed by atoms with E-state index in [9.17, 15) is 0 Å². The van der Waals surface area contributed by atoms with Crippen LogP contribution in [-0.4, -0.2) is 30.3 Å². The molecule has 0 radical (unpaired) electrons. The molecule has 2 heteroatoms. The number of hydrogen-bond acceptors (Lipinski definition) is 1. The molecule has 0 aromatic heterocycles. The summed E-state index contributed by atoms with van der Waals surface area (Å²) in [7, 11) is 0. The molecule has 2 atom stereocenters. The normalized spacial score (nSPS) is 27.0. The average Bonchev–Trinajstić information content (AvgIpc) is 2.43. The van der Waals surface area contributed by atoms with Gasteiger partial charge in [0.15, 0.2) is 0 Å². The van der Waals surface area contributed by atoms with Gasteiger partial charge in [-0.25, -0.2) is 0 Å². The Labute approximate surface area is 107 Å². The smallest absolute Gasteiger partial charge is 0.373 e. The third-order valence-corrected chi connectivity index (χ3v) is 8.76. The molecule has 94 valence electrons. The van der Waals surface area contributed by atoms with Crippen LogP contribution >= 0.6 is 0 Å². The molecule has 0 N–H and O–H groups in total. The highest BCUT2D eigenvalue weighted by atomic mass is 27.2. The quantitative estimate of drug-likeness (QED) is 0.651. The van der Waals surface area contributed by atoms with Crippen molar-refractivity contribution >= 4 is 14.4 Å². The standard InChI is InChI=1S/C6H12N.2C4H9.Al/c1-5-3-4-6(2)7-5;2*1-4(2)3;/h5-6H,3-4H2,1-2H3;2*4H,1H2,2-3H3;/q-1;;;+1. The fraction of sp³-hybridized carbons (Fsp3) is 1.00. The Kier molecular flexibility index (Phi) is 5.85. The largest absolute Gasteiger partial charge is 0.380 e. The second kappa shape index (κ2) is 6.43. The zero-order chi connectivity index (χ0) is 12.3. The molecular formula is C14H30AlN. The fourth-order valence-electron chi connectivity index (χ4n) is 3.36. The molecule has 0 saturated carbocycles. The lowest BCUT2D eigenvalue weighted by molar-refractivity contribution is 0.347. The summed E-state index contributed by atoms with van der Waals surface area (Å²) >= 11 is -0.684. The lowest BCUT2D eigenvalue weighted by Crippen LogP contribution is -2.46. The van der Waals surface area contributed by atoms with Gasteiger partial charge < -0.3 is 3.88 Å². The topological polar surface area (TPSA) is 3.24 Å². The Morgan fingerprint density at radius 2 is 1.31 bits per heavy atom. The summed E-state index contributed by atoms with van der Waals surface area (Å²) in [6.45, 7) is 14.5. The lowest BCUT2D eigenvalue weighted by Gasteiger charge is -2.34. The maximum atomic E-state index is 2.94. The van der Waals surface area contributed by atoms with Crippen LogP contribution in [0.15, 0.2) is 0 Å². The van der Waals surface area contributed by atoms with Gasteiger partial charge in [0.25, 0.3) is 0 Å². The molecular weight excluding hydrogens is 209 g/mol. The Morgan fingerprint density at radius 3 is 1.62 bits per heavy atom. The van der Waals surface area contributed by atoms with Crippen LogP contribution in [-0.2, 0) is 0 Å². The Bertz CT molecular complexity index is 183. The van der Waals surface area contributed by atoms with Crippen molar-refractivity contribution in [2.75, 3.05) is 0 Å². The summed E-state index contributed by atoms with van der Waals surface area (Å²) in [5.41, 5.74) is 0. The predicted octanol–water partition coefficient (Wildman–Crippen LogP) is 4.16. The van der Waals surface area contributed by atoms with Gasteiger partial charge in [0, 0.05) is 0 Å². The molecule has 0 aromatic rings. The summed E-state index contributed by atoms with van der Waals surface area (Å²) in [6.07, 6.45) is 2.86. The average molecular weight is 239 g/mol. The van der Waals surface area contributed by atoms with Crippen LogP contribution in [0.5, 0.6) is 0 Å². The molecule has 0 amide bonds.